The van der Waals surface area contributed by atoms with Gasteiger partial charge in [-0.15, -0.1) is 0 Å². The van der Waals surface area contributed by atoms with Gasteiger partial charge in [0.05, 0.1) is 29.9 Å². The van der Waals surface area contributed by atoms with Gasteiger partial charge in [0.2, 0.25) is 0 Å². The molecule has 2 atom stereocenters. The van der Waals surface area contributed by atoms with Crippen LogP contribution in [0.25, 0.3) is 28.0 Å². The molecule has 1 fully saturated rings. The number of fused-ring (bicyclic) bond motifs is 1. The van der Waals surface area contributed by atoms with Crippen LogP contribution in [0, 0.1) is 17.6 Å². The average Bonchev–Trinajstić information content (AvgIpc) is 3.58. The third-order valence-electron chi connectivity index (χ3n) is 8.11. The van der Waals surface area contributed by atoms with Crippen LogP contribution < -0.4 is 10.5 Å². The predicted molar refractivity (Wildman–Crippen MR) is 157 cm³/mol. The van der Waals surface area contributed by atoms with E-state index in [0.717, 1.165) is 60.9 Å². The van der Waals surface area contributed by atoms with Crippen LogP contribution in [0.2, 0.25) is 5.02 Å². The third-order valence-corrected chi connectivity index (χ3v) is 8.34. The lowest BCUT2D eigenvalue weighted by atomic mass is 9.86. The summed E-state index contributed by atoms with van der Waals surface area (Å²) in [5, 5.41) is 4.08. The molecule has 3 aromatic heterocycles. The van der Waals surface area contributed by atoms with E-state index in [2.05, 4.69) is 29.2 Å². The van der Waals surface area contributed by atoms with Gasteiger partial charge in [0.25, 0.3) is 0 Å². The van der Waals surface area contributed by atoms with E-state index in [1.165, 1.54) is 12.1 Å². The van der Waals surface area contributed by atoms with Crippen molar-refractivity contribution >= 4 is 28.2 Å². The molecule has 13 heteroatoms. The van der Waals surface area contributed by atoms with Gasteiger partial charge in [-0.1, -0.05) is 28.9 Å². The van der Waals surface area contributed by atoms with Crippen LogP contribution in [0.1, 0.15) is 42.8 Å². The molecule has 1 aliphatic heterocycles. The Bertz CT molecular complexity index is 1930. The summed E-state index contributed by atoms with van der Waals surface area (Å²) in [6, 6.07) is 10.0. The number of halogens is 3. The summed E-state index contributed by atoms with van der Waals surface area (Å²) < 4.78 is 47.1. The first-order valence-corrected chi connectivity index (χ1v) is 14.7. The minimum atomic E-state index is -0.614. The van der Waals surface area contributed by atoms with Crippen molar-refractivity contribution < 1.29 is 22.8 Å². The van der Waals surface area contributed by atoms with Gasteiger partial charge in [0, 0.05) is 29.2 Å². The summed E-state index contributed by atoms with van der Waals surface area (Å²) in [5.41, 5.74) is 3.75. The van der Waals surface area contributed by atoms with Gasteiger partial charge in [0.15, 0.2) is 11.6 Å². The number of hydrogen-bond acceptors (Lipinski definition) is 8. The summed E-state index contributed by atoms with van der Waals surface area (Å²) in [6.07, 6.45) is 7.13. The van der Waals surface area contributed by atoms with Crippen LogP contribution in [0.3, 0.4) is 0 Å². The van der Waals surface area contributed by atoms with Gasteiger partial charge < -0.3 is 14.0 Å². The van der Waals surface area contributed by atoms with Gasteiger partial charge in [-0.25, -0.2) is 23.5 Å². The van der Waals surface area contributed by atoms with E-state index in [1.807, 2.05) is 24.3 Å². The monoisotopic (exact) mass is 620 g/mol. The molecule has 1 aliphatic carbocycles. The zero-order valence-electron chi connectivity index (χ0n) is 23.4. The van der Waals surface area contributed by atoms with Crippen molar-refractivity contribution in [2.24, 2.45) is 5.92 Å². The Kier molecular flexibility index (Phi) is 7.69. The van der Waals surface area contributed by atoms with E-state index in [1.54, 1.807) is 6.07 Å². The standard InChI is InChI=1S/C31H27ClF2N6O4/c32-21-7-5-20(23(33)13-21)16-43-30-35-14-24(34)28(37-30)18-3-1-17(2-4-18)11-27-36-25-12-19(29-38-31(41)44-39-29)6-8-26(25)40(27)15-22-9-10-42-22/h3,5-8,12-14,17,22H,1-2,4,9-11,15-16H2,(H,38,39,41). The Morgan fingerprint density at radius 1 is 1.11 bits per heavy atom. The highest BCUT2D eigenvalue weighted by molar-refractivity contribution is 6.30. The first kappa shape index (κ1) is 28.4. The summed E-state index contributed by atoms with van der Waals surface area (Å²) >= 11 is 5.82. The maximum absolute atomic E-state index is 14.8. The van der Waals surface area contributed by atoms with E-state index >= 15 is 0 Å². The maximum atomic E-state index is 14.8. The quantitative estimate of drug-likeness (QED) is 0.216. The summed E-state index contributed by atoms with van der Waals surface area (Å²) in [4.78, 5) is 27.2. The minimum Gasteiger partial charge on any atom is -0.458 e. The number of benzene rings is 2. The molecule has 4 heterocycles. The van der Waals surface area contributed by atoms with Crippen LogP contribution in [0.4, 0.5) is 8.78 Å². The lowest BCUT2D eigenvalue weighted by Crippen LogP contribution is -2.32. The molecule has 0 radical (unpaired) electrons. The first-order chi connectivity index (χ1) is 21.4. The predicted octanol–water partition coefficient (Wildman–Crippen LogP) is 5.90. The van der Waals surface area contributed by atoms with Gasteiger partial charge in [-0.2, -0.15) is 4.98 Å². The lowest BCUT2D eigenvalue weighted by Gasteiger charge is -2.28. The van der Waals surface area contributed by atoms with Crippen LogP contribution in [-0.2, 0) is 24.3 Å². The summed E-state index contributed by atoms with van der Waals surface area (Å²) in [5.74, 6) is -0.0642. The highest BCUT2D eigenvalue weighted by Gasteiger charge is 2.25. The highest BCUT2D eigenvalue weighted by Crippen LogP contribution is 2.34. The van der Waals surface area contributed by atoms with E-state index in [0.29, 0.717) is 29.9 Å². The second-order valence-electron chi connectivity index (χ2n) is 11.0. The summed E-state index contributed by atoms with van der Waals surface area (Å²) in [6.45, 7) is 1.35. The van der Waals surface area contributed by atoms with Crippen molar-refractivity contribution in [3.05, 3.63) is 93.0 Å². The molecule has 44 heavy (non-hydrogen) atoms. The smallest absolute Gasteiger partial charge is 0.439 e. The van der Waals surface area contributed by atoms with Gasteiger partial charge in [-0.05, 0) is 67.5 Å². The fourth-order valence-corrected chi connectivity index (χ4v) is 5.81. The number of allylic oxidation sites excluding steroid dienone is 2. The SMILES string of the molecule is O=c1[nH]c(-c2ccc3c(c2)nc(CC2CC=C(c4nc(OCc5ccc(Cl)cc5F)ncc4F)CC2)n3CC2CCO2)no1. The lowest BCUT2D eigenvalue weighted by molar-refractivity contribution is -0.0590. The van der Waals surface area contributed by atoms with E-state index < -0.39 is 17.4 Å². The molecule has 2 aliphatic rings. The molecular formula is C31H27ClF2N6O4. The van der Waals surface area contributed by atoms with Gasteiger partial charge in [0.1, 0.15) is 23.9 Å². The highest BCUT2D eigenvalue weighted by atomic mass is 35.5. The third kappa shape index (κ3) is 5.87. The molecule has 2 aromatic carbocycles. The molecule has 0 saturated carbocycles. The topological polar surface area (TPSA) is 121 Å². The Balaban J connectivity index is 1.08. The number of rotatable bonds is 9. The van der Waals surface area contributed by atoms with E-state index in [4.69, 9.17) is 26.1 Å². The first-order valence-electron chi connectivity index (χ1n) is 14.4. The van der Waals surface area contributed by atoms with Crippen molar-refractivity contribution in [1.29, 1.82) is 0 Å². The van der Waals surface area contributed by atoms with Gasteiger partial charge in [-0.3, -0.25) is 9.51 Å². The number of nitrogens with one attached hydrogen (secondary N) is 1. The Morgan fingerprint density at radius 2 is 2.00 bits per heavy atom. The summed E-state index contributed by atoms with van der Waals surface area (Å²) in [7, 11) is 0. The number of H-pyrrole nitrogens is 1. The fraction of sp³-hybridized carbons (Fsp3) is 0.323. The second-order valence-corrected chi connectivity index (χ2v) is 11.5. The molecule has 2 unspecified atom stereocenters. The minimum absolute atomic E-state index is 0.0280. The molecular weight excluding hydrogens is 594 g/mol. The molecule has 10 nitrogen and oxygen atoms in total. The average molecular weight is 621 g/mol. The van der Waals surface area contributed by atoms with Crippen molar-refractivity contribution in [3.8, 4) is 17.4 Å². The van der Waals surface area contributed by atoms with Crippen molar-refractivity contribution in [2.75, 3.05) is 6.61 Å². The van der Waals surface area contributed by atoms with Crippen LogP contribution >= 0.6 is 11.6 Å². The number of ether oxygens (including phenoxy) is 2. The molecule has 1 saturated heterocycles. The number of nitrogens with zero attached hydrogens (tertiary/aromatic N) is 5. The fourth-order valence-electron chi connectivity index (χ4n) is 5.65. The van der Waals surface area contributed by atoms with Crippen LogP contribution in [0.15, 0.2) is 58.0 Å². The molecule has 5 aromatic rings. The Hall–Kier alpha value is -4.42. The Morgan fingerprint density at radius 3 is 2.73 bits per heavy atom. The van der Waals surface area contributed by atoms with Crippen molar-refractivity contribution in [1.82, 2.24) is 29.7 Å². The molecule has 226 valence electrons. The van der Waals surface area contributed by atoms with Crippen molar-refractivity contribution in [3.63, 3.8) is 0 Å². The zero-order chi connectivity index (χ0) is 30.2. The van der Waals surface area contributed by atoms with Gasteiger partial charge >= 0.3 is 11.8 Å². The number of aromatic nitrogens is 6. The van der Waals surface area contributed by atoms with E-state index in [-0.39, 0.29) is 35.4 Å². The van der Waals surface area contributed by atoms with Crippen LogP contribution in [0.5, 0.6) is 6.01 Å². The molecule has 1 N–H and O–H groups in total. The second kappa shape index (κ2) is 11.9. The molecule has 0 spiro atoms. The largest absolute Gasteiger partial charge is 0.458 e. The van der Waals surface area contributed by atoms with Crippen molar-refractivity contribution in [2.45, 2.75) is 51.4 Å². The van der Waals surface area contributed by atoms with Crippen LogP contribution in [-0.4, -0.2) is 42.4 Å². The molecule has 0 amide bonds. The number of aromatic amines is 1. The number of hydrogen-bond donors (Lipinski definition) is 1. The maximum Gasteiger partial charge on any atom is 0.439 e. The molecule has 0 bridgehead atoms. The normalized spacial score (nSPS) is 18.3. The Labute approximate surface area is 254 Å². The molecule has 7 rings (SSSR count). The zero-order valence-corrected chi connectivity index (χ0v) is 24.2. The number of imidazole rings is 1. The van der Waals surface area contributed by atoms with E-state index in [9.17, 15) is 13.6 Å².